The molecule has 24 heavy (non-hydrogen) atoms. The highest BCUT2D eigenvalue weighted by molar-refractivity contribution is 5.67. The summed E-state index contributed by atoms with van der Waals surface area (Å²) in [5, 5.41) is 22.6. The Balaban J connectivity index is 1.60. The van der Waals surface area contributed by atoms with Crippen LogP contribution in [0.4, 0.5) is 5.69 Å². The van der Waals surface area contributed by atoms with Crippen molar-refractivity contribution >= 4 is 5.69 Å². The molecule has 4 saturated heterocycles. The summed E-state index contributed by atoms with van der Waals surface area (Å²) in [6.45, 7) is 2.19. The number of aliphatic hydroxyl groups is 2. The number of likely N-dealkylation sites (N-methyl/N-ethyl adjacent to an activating group) is 1. The Morgan fingerprint density at radius 3 is 2.79 bits per heavy atom. The van der Waals surface area contributed by atoms with Crippen LogP contribution >= 0.6 is 0 Å². The van der Waals surface area contributed by atoms with Crippen LogP contribution in [0.2, 0.25) is 0 Å². The molecule has 0 radical (unpaired) electrons. The Kier molecular flexibility index (Phi) is 2.45. The first-order chi connectivity index (χ1) is 11.6. The number of fused-ring (bicyclic) bond motifs is 2. The summed E-state index contributed by atoms with van der Waals surface area (Å²) in [6, 6.07) is 9.70. The van der Waals surface area contributed by atoms with Gasteiger partial charge in [0.05, 0.1) is 12.1 Å². The van der Waals surface area contributed by atoms with Crippen molar-refractivity contribution < 1.29 is 10.2 Å². The minimum absolute atomic E-state index is 0.126. The molecule has 0 amide bonds. The highest BCUT2D eigenvalue weighted by atomic mass is 16.3. The number of nitrogens with zero attached hydrogens (tertiary/aromatic N) is 2. The second-order valence-electron chi connectivity index (χ2n) is 8.81. The van der Waals surface area contributed by atoms with E-state index < -0.39 is 0 Å². The van der Waals surface area contributed by atoms with Gasteiger partial charge in [0.25, 0.3) is 0 Å². The van der Waals surface area contributed by atoms with E-state index in [-0.39, 0.29) is 17.7 Å². The van der Waals surface area contributed by atoms with Gasteiger partial charge in [-0.05, 0) is 36.8 Å². The Morgan fingerprint density at radius 2 is 2.00 bits per heavy atom. The third-order valence-corrected chi connectivity index (χ3v) is 8.46. The second kappa shape index (κ2) is 4.17. The van der Waals surface area contributed by atoms with Crippen LogP contribution in [0.1, 0.15) is 31.7 Å². The quantitative estimate of drug-likeness (QED) is 0.822. The molecule has 5 aliphatic heterocycles. The summed E-state index contributed by atoms with van der Waals surface area (Å²) in [5.41, 5.74) is 2.51. The third-order valence-electron chi connectivity index (χ3n) is 8.46. The molecule has 10 atom stereocenters. The maximum absolute atomic E-state index is 11.6. The molecule has 4 heteroatoms. The Bertz CT molecular complexity index is 723. The molecule has 0 aromatic heterocycles. The molecule has 7 rings (SSSR count). The molecule has 5 bridgehead atoms. The van der Waals surface area contributed by atoms with Gasteiger partial charge in [0.2, 0.25) is 0 Å². The van der Waals surface area contributed by atoms with E-state index in [9.17, 15) is 10.2 Å². The fraction of sp³-hybridized carbons (Fsp3) is 0.700. The second-order valence-corrected chi connectivity index (χ2v) is 8.81. The molecule has 6 aliphatic rings. The SMILES string of the molecule is CC[C@@H]1[C@H]2C[C@H]3[C@@H]4N(C)c5ccccc5[C@@]45C[C@@H]([C@@H]2[C@@H]5O)N3[C@H]1O. The summed E-state index contributed by atoms with van der Waals surface area (Å²) < 4.78 is 0. The molecule has 128 valence electrons. The Morgan fingerprint density at radius 1 is 1.21 bits per heavy atom. The number of hydrogen-bond donors (Lipinski definition) is 2. The van der Waals surface area contributed by atoms with E-state index >= 15 is 0 Å². The van der Waals surface area contributed by atoms with Gasteiger partial charge in [-0.15, -0.1) is 0 Å². The standard InChI is InChI=1S/C20H26N2O2/c1-3-10-11-8-14-17-20(12-6-4-5-7-13(12)21(17)2)9-15(16(11)18(20)23)22(14)19(10)24/h4-7,10-11,14-19,23-24H,3,8-9H2,1-2H3/t10-,11-,14+,15+,16-,17+,18+,19+,20+/m1/s1. The maximum Gasteiger partial charge on any atom is 0.111 e. The molecule has 1 aromatic rings. The monoisotopic (exact) mass is 326 g/mol. The maximum atomic E-state index is 11.6. The van der Waals surface area contributed by atoms with Gasteiger partial charge < -0.3 is 15.1 Å². The number of rotatable bonds is 1. The van der Waals surface area contributed by atoms with Crippen molar-refractivity contribution in [2.75, 3.05) is 11.9 Å². The van der Waals surface area contributed by atoms with E-state index in [4.69, 9.17) is 0 Å². The Hall–Kier alpha value is -1.10. The predicted octanol–water partition coefficient (Wildman–Crippen LogP) is 1.55. The van der Waals surface area contributed by atoms with Gasteiger partial charge in [0, 0.05) is 42.1 Å². The lowest BCUT2D eigenvalue weighted by molar-refractivity contribution is -0.211. The molecule has 1 unspecified atom stereocenters. The molecule has 5 fully saturated rings. The van der Waals surface area contributed by atoms with E-state index in [2.05, 4.69) is 48.0 Å². The van der Waals surface area contributed by atoms with Crippen molar-refractivity contribution in [2.24, 2.45) is 17.8 Å². The Labute approximate surface area is 143 Å². The molecule has 4 nitrogen and oxygen atoms in total. The molecular formula is C20H26N2O2. The molecular weight excluding hydrogens is 300 g/mol. The van der Waals surface area contributed by atoms with Crippen LogP contribution in [-0.4, -0.2) is 52.6 Å². The fourth-order valence-electron chi connectivity index (χ4n) is 7.88. The number of piperidine rings is 4. The van der Waals surface area contributed by atoms with Gasteiger partial charge in [0.15, 0.2) is 0 Å². The lowest BCUT2D eigenvalue weighted by Crippen LogP contribution is -2.72. The highest BCUT2D eigenvalue weighted by Crippen LogP contribution is 2.68. The molecule has 2 N–H and O–H groups in total. The van der Waals surface area contributed by atoms with E-state index in [0.717, 1.165) is 19.3 Å². The first kappa shape index (κ1) is 14.1. The summed E-state index contributed by atoms with van der Waals surface area (Å²) in [6.07, 6.45) is 2.56. The van der Waals surface area contributed by atoms with Gasteiger partial charge in [-0.25, -0.2) is 0 Å². The minimum Gasteiger partial charge on any atom is -0.392 e. The molecule has 1 spiro atoms. The highest BCUT2D eigenvalue weighted by Gasteiger charge is 2.76. The molecule has 5 heterocycles. The average Bonchev–Trinajstić information content (AvgIpc) is 2.97. The van der Waals surface area contributed by atoms with Crippen LogP contribution in [0.3, 0.4) is 0 Å². The van der Waals surface area contributed by atoms with Gasteiger partial charge in [-0.1, -0.05) is 25.1 Å². The topological polar surface area (TPSA) is 46.9 Å². The fourth-order valence-corrected chi connectivity index (χ4v) is 7.88. The summed E-state index contributed by atoms with van der Waals surface area (Å²) >= 11 is 0. The normalized spacial score (nSPS) is 55.8. The smallest absolute Gasteiger partial charge is 0.111 e. The first-order valence-electron chi connectivity index (χ1n) is 9.57. The van der Waals surface area contributed by atoms with Gasteiger partial charge in [-0.3, -0.25) is 4.90 Å². The van der Waals surface area contributed by atoms with Gasteiger partial charge in [-0.2, -0.15) is 0 Å². The summed E-state index contributed by atoms with van der Waals surface area (Å²) in [5.74, 6) is 1.14. The number of anilines is 1. The van der Waals surface area contributed by atoms with E-state index in [0.29, 0.717) is 35.9 Å². The van der Waals surface area contributed by atoms with Crippen LogP contribution in [0.25, 0.3) is 0 Å². The van der Waals surface area contributed by atoms with E-state index in [1.165, 1.54) is 11.3 Å². The zero-order valence-corrected chi connectivity index (χ0v) is 14.3. The lowest BCUT2D eigenvalue weighted by atomic mass is 9.62. The third kappa shape index (κ3) is 1.20. The lowest BCUT2D eigenvalue weighted by Gasteiger charge is -2.62. The zero-order chi connectivity index (χ0) is 16.4. The van der Waals surface area contributed by atoms with Crippen molar-refractivity contribution in [3.8, 4) is 0 Å². The average molecular weight is 326 g/mol. The molecule has 1 saturated carbocycles. The number of benzene rings is 1. The molecule has 1 aromatic carbocycles. The van der Waals surface area contributed by atoms with Crippen LogP contribution in [0.15, 0.2) is 24.3 Å². The number of para-hydroxylation sites is 1. The predicted molar refractivity (Wildman–Crippen MR) is 91.7 cm³/mol. The summed E-state index contributed by atoms with van der Waals surface area (Å²) in [4.78, 5) is 4.83. The van der Waals surface area contributed by atoms with E-state index in [1.54, 1.807) is 0 Å². The number of aliphatic hydroxyl groups excluding tert-OH is 2. The van der Waals surface area contributed by atoms with Gasteiger partial charge >= 0.3 is 0 Å². The van der Waals surface area contributed by atoms with Crippen molar-refractivity contribution in [2.45, 2.75) is 62.1 Å². The van der Waals surface area contributed by atoms with Crippen LogP contribution < -0.4 is 4.90 Å². The number of hydrogen-bond acceptors (Lipinski definition) is 4. The first-order valence-corrected chi connectivity index (χ1v) is 9.57. The van der Waals surface area contributed by atoms with Crippen LogP contribution in [0, 0.1) is 17.8 Å². The van der Waals surface area contributed by atoms with Crippen molar-refractivity contribution in [1.29, 1.82) is 0 Å². The van der Waals surface area contributed by atoms with Gasteiger partial charge in [0.1, 0.15) is 6.23 Å². The van der Waals surface area contributed by atoms with E-state index in [1.807, 2.05) is 0 Å². The van der Waals surface area contributed by atoms with Crippen molar-refractivity contribution in [3.63, 3.8) is 0 Å². The minimum atomic E-state index is -0.319. The molecule has 1 aliphatic carbocycles. The van der Waals surface area contributed by atoms with Crippen molar-refractivity contribution in [1.82, 2.24) is 4.90 Å². The largest absolute Gasteiger partial charge is 0.392 e. The van der Waals surface area contributed by atoms with Crippen molar-refractivity contribution in [3.05, 3.63) is 29.8 Å². The van der Waals surface area contributed by atoms with Crippen LogP contribution in [0.5, 0.6) is 0 Å². The van der Waals surface area contributed by atoms with Crippen LogP contribution in [-0.2, 0) is 5.41 Å². The zero-order valence-electron chi connectivity index (χ0n) is 14.3. The summed E-state index contributed by atoms with van der Waals surface area (Å²) in [7, 11) is 2.19.